The molecule has 4 aromatic carbocycles. The van der Waals surface area contributed by atoms with Crippen molar-refractivity contribution in [3.8, 4) is 5.69 Å². The number of hydrogen-bond acceptors (Lipinski definition) is 7. The fourth-order valence-corrected chi connectivity index (χ4v) is 5.55. The van der Waals surface area contributed by atoms with Crippen LogP contribution in [0.4, 0.5) is 28.6 Å². The summed E-state index contributed by atoms with van der Waals surface area (Å²) in [6, 6.07) is 32.3. The van der Waals surface area contributed by atoms with E-state index in [9.17, 15) is 10.1 Å². The van der Waals surface area contributed by atoms with E-state index < -0.39 is 4.92 Å². The number of nitrogens with zero attached hydrogens (tertiary/aromatic N) is 6. The van der Waals surface area contributed by atoms with Crippen molar-refractivity contribution in [3.05, 3.63) is 135 Å². The molecular formula is C31H22ClN7O2. The number of aliphatic imine (C=N–C) groups is 2. The van der Waals surface area contributed by atoms with Gasteiger partial charge in [0.25, 0.3) is 5.69 Å². The van der Waals surface area contributed by atoms with Crippen LogP contribution in [0.5, 0.6) is 0 Å². The molecule has 1 atom stereocenters. The number of aryl methyl sites for hydroxylation is 1. The predicted octanol–water partition coefficient (Wildman–Crippen LogP) is 7.54. The van der Waals surface area contributed by atoms with Gasteiger partial charge in [0.05, 0.1) is 33.7 Å². The minimum absolute atomic E-state index is 0.0594. The van der Waals surface area contributed by atoms with Gasteiger partial charge in [-0.1, -0.05) is 72.3 Å². The average Bonchev–Trinajstić information content (AvgIpc) is 3.33. The maximum absolute atomic E-state index is 11.6. The minimum atomic E-state index is -0.505. The van der Waals surface area contributed by atoms with Gasteiger partial charge in [-0.3, -0.25) is 10.1 Å². The van der Waals surface area contributed by atoms with Gasteiger partial charge in [-0.15, -0.1) is 0 Å². The van der Waals surface area contributed by atoms with Gasteiger partial charge < -0.3 is 10.2 Å². The lowest BCUT2D eigenvalue weighted by molar-refractivity contribution is -0.384. The molecule has 1 N–H and O–H groups in total. The van der Waals surface area contributed by atoms with E-state index in [1.807, 2.05) is 84.4 Å². The van der Waals surface area contributed by atoms with Gasteiger partial charge in [0.2, 0.25) is 0 Å². The molecule has 2 aliphatic rings. The van der Waals surface area contributed by atoms with Crippen molar-refractivity contribution < 1.29 is 4.92 Å². The van der Waals surface area contributed by atoms with Crippen LogP contribution in [0.2, 0.25) is 5.02 Å². The Kier molecular flexibility index (Phi) is 5.87. The molecule has 41 heavy (non-hydrogen) atoms. The van der Waals surface area contributed by atoms with E-state index in [2.05, 4.69) is 22.3 Å². The maximum Gasteiger partial charge on any atom is 0.289 e. The van der Waals surface area contributed by atoms with Gasteiger partial charge in [0.1, 0.15) is 5.02 Å². The van der Waals surface area contributed by atoms with Crippen molar-refractivity contribution in [2.75, 3.05) is 10.2 Å². The van der Waals surface area contributed by atoms with Crippen molar-refractivity contribution in [2.45, 2.75) is 13.0 Å². The van der Waals surface area contributed by atoms with Crippen molar-refractivity contribution in [1.29, 1.82) is 0 Å². The summed E-state index contributed by atoms with van der Waals surface area (Å²) in [5.74, 6) is 1.72. The highest BCUT2D eigenvalue weighted by molar-refractivity contribution is 6.51. The fourth-order valence-electron chi connectivity index (χ4n) is 5.36. The first-order valence-electron chi connectivity index (χ1n) is 13.0. The molecule has 0 unspecified atom stereocenters. The molecule has 0 saturated carbocycles. The molecule has 3 heterocycles. The van der Waals surface area contributed by atoms with E-state index in [-0.39, 0.29) is 16.8 Å². The van der Waals surface area contributed by atoms with Gasteiger partial charge in [0, 0.05) is 17.3 Å². The highest BCUT2D eigenvalue weighted by atomic mass is 35.5. The van der Waals surface area contributed by atoms with E-state index in [4.69, 9.17) is 26.7 Å². The van der Waals surface area contributed by atoms with Crippen LogP contribution in [0.1, 0.15) is 22.9 Å². The molecule has 0 amide bonds. The predicted molar refractivity (Wildman–Crippen MR) is 161 cm³/mol. The first kappa shape index (κ1) is 24.7. The quantitative estimate of drug-likeness (QED) is 0.181. The Bertz CT molecular complexity index is 1880. The number of nitrogens with one attached hydrogen (secondary N) is 1. The molecule has 0 saturated heterocycles. The summed E-state index contributed by atoms with van der Waals surface area (Å²) >= 11 is 6.09. The summed E-state index contributed by atoms with van der Waals surface area (Å²) in [4.78, 5) is 23.4. The number of amidine groups is 2. The normalized spacial score (nSPS) is 15.3. The Morgan fingerprint density at radius 2 is 1.61 bits per heavy atom. The van der Waals surface area contributed by atoms with Crippen LogP contribution >= 0.6 is 11.6 Å². The second-order valence-corrected chi connectivity index (χ2v) is 10.1. The van der Waals surface area contributed by atoms with E-state index in [1.165, 1.54) is 12.1 Å². The highest BCUT2D eigenvalue weighted by Crippen LogP contribution is 2.48. The van der Waals surface area contributed by atoms with Gasteiger partial charge in [-0.2, -0.15) is 5.10 Å². The lowest BCUT2D eigenvalue weighted by Gasteiger charge is -2.40. The monoisotopic (exact) mass is 559 g/mol. The molecule has 0 radical (unpaired) electrons. The Morgan fingerprint density at radius 1 is 0.902 bits per heavy atom. The molecule has 200 valence electrons. The van der Waals surface area contributed by atoms with Crippen LogP contribution in [-0.4, -0.2) is 26.4 Å². The summed E-state index contributed by atoms with van der Waals surface area (Å²) in [6.45, 7) is 2.00. The Hall–Kier alpha value is -5.28. The van der Waals surface area contributed by atoms with Gasteiger partial charge in [-0.25, -0.2) is 14.7 Å². The SMILES string of the molecule is Cc1nn(-c2ccccc2)c2c1[C@@H](c1ccccc1)N1C(=N2)C(Nc2ccc(Cl)c([N+](=O)[O-])c2)=Nc2ccccc21. The average molecular weight is 560 g/mol. The van der Waals surface area contributed by atoms with Gasteiger partial charge in [-0.05, 0) is 48.9 Å². The van der Waals surface area contributed by atoms with E-state index in [0.29, 0.717) is 23.2 Å². The highest BCUT2D eigenvalue weighted by Gasteiger charge is 2.41. The van der Waals surface area contributed by atoms with Crippen LogP contribution < -0.4 is 10.2 Å². The van der Waals surface area contributed by atoms with Gasteiger partial charge >= 0.3 is 0 Å². The topological polar surface area (TPSA) is 101 Å². The Balaban J connectivity index is 1.47. The standard InChI is InChI=1S/C31H22ClN7O2/c1-19-27-28(20-10-4-2-5-11-20)37-25-15-9-8-14-24(25)34-29(33-21-16-17-23(32)26(18-21)39(40)41)31(37)35-30(27)38(36-19)22-12-6-3-7-13-22/h2-18,28H,1H3,(H,33,34)/t28-/m1/s1. The molecule has 10 heteroatoms. The maximum atomic E-state index is 11.6. The van der Waals surface area contributed by atoms with Crippen LogP contribution in [-0.2, 0) is 0 Å². The number of nitro benzene ring substituents is 1. The fraction of sp³-hybridized carbons (Fsp3) is 0.0645. The Morgan fingerprint density at radius 3 is 2.37 bits per heavy atom. The molecule has 7 rings (SSSR count). The number of nitro groups is 1. The second-order valence-electron chi connectivity index (χ2n) is 9.69. The molecule has 5 aromatic rings. The molecule has 0 fully saturated rings. The lowest BCUT2D eigenvalue weighted by Crippen LogP contribution is -2.46. The van der Waals surface area contributed by atoms with Crippen LogP contribution in [0.25, 0.3) is 5.69 Å². The third kappa shape index (κ3) is 4.14. The molecule has 0 spiro atoms. The molecular weight excluding hydrogens is 538 g/mol. The largest absolute Gasteiger partial charge is 0.337 e. The minimum Gasteiger partial charge on any atom is -0.337 e. The van der Waals surface area contributed by atoms with E-state index >= 15 is 0 Å². The number of rotatable bonds is 4. The molecule has 9 nitrogen and oxygen atoms in total. The van der Waals surface area contributed by atoms with Gasteiger partial charge in [0.15, 0.2) is 17.5 Å². The zero-order valence-corrected chi connectivity index (χ0v) is 22.5. The van der Waals surface area contributed by atoms with Crippen LogP contribution in [0.3, 0.4) is 0 Å². The smallest absolute Gasteiger partial charge is 0.289 e. The third-order valence-corrected chi connectivity index (χ3v) is 7.48. The second kappa shape index (κ2) is 9.72. The first-order valence-corrected chi connectivity index (χ1v) is 13.3. The van der Waals surface area contributed by atoms with Crippen molar-refractivity contribution in [3.63, 3.8) is 0 Å². The van der Waals surface area contributed by atoms with Crippen molar-refractivity contribution in [1.82, 2.24) is 9.78 Å². The third-order valence-electron chi connectivity index (χ3n) is 7.16. The zero-order chi connectivity index (χ0) is 28.1. The Labute approximate surface area is 240 Å². The summed E-state index contributed by atoms with van der Waals surface area (Å²) in [6.07, 6.45) is 0. The number of para-hydroxylation sites is 3. The summed E-state index contributed by atoms with van der Waals surface area (Å²) in [7, 11) is 0. The molecule has 1 aromatic heterocycles. The van der Waals surface area contributed by atoms with Crippen LogP contribution in [0, 0.1) is 17.0 Å². The zero-order valence-electron chi connectivity index (χ0n) is 21.8. The number of benzene rings is 4. The van der Waals surface area contributed by atoms with E-state index in [1.54, 1.807) is 6.07 Å². The summed E-state index contributed by atoms with van der Waals surface area (Å²) in [5, 5.41) is 19.9. The molecule has 0 bridgehead atoms. The number of anilines is 2. The summed E-state index contributed by atoms with van der Waals surface area (Å²) in [5.41, 5.74) is 5.72. The number of hydrogen-bond donors (Lipinski definition) is 1. The number of aromatic nitrogens is 2. The van der Waals surface area contributed by atoms with Crippen LogP contribution in [0.15, 0.2) is 113 Å². The number of halogens is 1. The summed E-state index contributed by atoms with van der Waals surface area (Å²) < 4.78 is 1.86. The number of fused-ring (bicyclic) bond motifs is 4. The lowest BCUT2D eigenvalue weighted by atomic mass is 9.93. The molecule has 0 aliphatic carbocycles. The van der Waals surface area contributed by atoms with E-state index in [0.717, 1.165) is 33.9 Å². The first-order chi connectivity index (χ1) is 20.0. The van der Waals surface area contributed by atoms with Crippen molar-refractivity contribution >= 4 is 51.8 Å². The van der Waals surface area contributed by atoms with Crippen molar-refractivity contribution in [2.24, 2.45) is 9.98 Å². The molecule has 2 aliphatic heterocycles.